The molecule has 0 bridgehead atoms. The number of amides is 1. The molecule has 1 amide bonds. The first-order valence-electron chi connectivity index (χ1n) is 6.69. The lowest BCUT2D eigenvalue weighted by molar-refractivity contribution is -0.112. The van der Waals surface area contributed by atoms with Gasteiger partial charge >= 0.3 is 0 Å². The van der Waals surface area contributed by atoms with Crippen LogP contribution in [0.25, 0.3) is 6.08 Å². The number of hydrogen-bond acceptors (Lipinski definition) is 3. The highest BCUT2D eigenvalue weighted by molar-refractivity contribution is 14.1. The van der Waals surface area contributed by atoms with Crippen molar-refractivity contribution >= 4 is 63.5 Å². The van der Waals surface area contributed by atoms with E-state index < -0.39 is 5.91 Å². The zero-order valence-corrected chi connectivity index (χ0v) is 16.1. The van der Waals surface area contributed by atoms with Gasteiger partial charge in [-0.1, -0.05) is 29.3 Å². The van der Waals surface area contributed by atoms with E-state index in [1.807, 2.05) is 35.6 Å². The number of carbonyl (C=O) groups is 1. The number of nitrogens with zero attached hydrogens (tertiary/aromatic N) is 1. The van der Waals surface area contributed by atoms with Gasteiger partial charge in [0.25, 0.3) is 5.91 Å². The molecule has 7 heteroatoms. The predicted molar refractivity (Wildman–Crippen MR) is 104 cm³/mol. The number of nitrogens with one attached hydrogen (secondary N) is 1. The van der Waals surface area contributed by atoms with Crippen LogP contribution >= 0.6 is 45.8 Å². The molecule has 0 saturated carbocycles. The average molecular weight is 473 g/mol. The Morgan fingerprint density at radius 3 is 2.67 bits per heavy atom. The molecule has 0 fully saturated rings. The van der Waals surface area contributed by atoms with Crippen LogP contribution in [0, 0.1) is 21.8 Å². The number of hydrogen-bond donors (Lipinski definition) is 2. The van der Waals surface area contributed by atoms with Gasteiger partial charge in [0.15, 0.2) is 0 Å². The van der Waals surface area contributed by atoms with Gasteiger partial charge in [-0.2, -0.15) is 5.26 Å². The fourth-order valence-electron chi connectivity index (χ4n) is 1.87. The maximum Gasteiger partial charge on any atom is 0.266 e. The molecule has 2 rings (SSSR count). The highest BCUT2D eigenvalue weighted by atomic mass is 127. The number of nitriles is 1. The number of benzene rings is 2. The van der Waals surface area contributed by atoms with Crippen LogP contribution in [-0.2, 0) is 4.79 Å². The lowest BCUT2D eigenvalue weighted by Crippen LogP contribution is -2.13. The number of phenols is 1. The van der Waals surface area contributed by atoms with E-state index in [0.717, 1.165) is 5.56 Å². The van der Waals surface area contributed by atoms with E-state index >= 15 is 0 Å². The van der Waals surface area contributed by atoms with Crippen LogP contribution in [0.2, 0.25) is 10.0 Å². The summed E-state index contributed by atoms with van der Waals surface area (Å²) in [4.78, 5) is 12.3. The monoisotopic (exact) mass is 472 g/mol. The molecule has 0 aromatic heterocycles. The second-order valence-electron chi connectivity index (χ2n) is 4.91. The standard InChI is InChI=1S/C17H11Cl2IN2O2/c1-9-2-3-13(7-14(9)19)22-17(24)11(8-21)4-10-5-12(18)6-15(20)16(10)23/h2-7,23H,1H3,(H,22,24)/b11-4-. The topological polar surface area (TPSA) is 73.1 Å². The van der Waals surface area contributed by atoms with Crippen LogP contribution in [0.3, 0.4) is 0 Å². The maximum atomic E-state index is 12.3. The van der Waals surface area contributed by atoms with E-state index in [4.69, 9.17) is 23.2 Å². The van der Waals surface area contributed by atoms with Gasteiger partial charge < -0.3 is 10.4 Å². The lowest BCUT2D eigenvalue weighted by Gasteiger charge is -2.07. The Bertz CT molecular complexity index is 889. The van der Waals surface area contributed by atoms with Crippen LogP contribution in [0.5, 0.6) is 5.75 Å². The molecule has 24 heavy (non-hydrogen) atoms. The van der Waals surface area contributed by atoms with Gasteiger partial charge in [0, 0.05) is 21.3 Å². The van der Waals surface area contributed by atoms with Gasteiger partial charge in [-0.3, -0.25) is 4.79 Å². The second-order valence-corrected chi connectivity index (χ2v) is 6.92. The molecule has 0 radical (unpaired) electrons. The molecule has 2 N–H and O–H groups in total. The second kappa shape index (κ2) is 7.88. The third kappa shape index (κ3) is 4.41. The third-order valence-corrected chi connectivity index (χ3v) is 4.60. The highest BCUT2D eigenvalue weighted by Crippen LogP contribution is 2.30. The fraction of sp³-hybridized carbons (Fsp3) is 0.0588. The van der Waals surface area contributed by atoms with Crippen molar-refractivity contribution in [1.29, 1.82) is 5.26 Å². The van der Waals surface area contributed by atoms with Gasteiger partial charge in [-0.05, 0) is 65.4 Å². The summed E-state index contributed by atoms with van der Waals surface area (Å²) < 4.78 is 0.523. The molecule has 122 valence electrons. The van der Waals surface area contributed by atoms with Crippen LogP contribution in [0.15, 0.2) is 35.9 Å². The van der Waals surface area contributed by atoms with Crippen molar-refractivity contribution in [2.45, 2.75) is 6.92 Å². The molecule has 0 aliphatic rings. The van der Waals surface area contributed by atoms with Gasteiger partial charge in [0.1, 0.15) is 17.4 Å². The van der Waals surface area contributed by atoms with Crippen LogP contribution in [0.1, 0.15) is 11.1 Å². The van der Waals surface area contributed by atoms with Gasteiger partial charge in [-0.25, -0.2) is 0 Å². The zero-order chi connectivity index (χ0) is 17.9. The Kier molecular flexibility index (Phi) is 6.10. The van der Waals surface area contributed by atoms with E-state index in [-0.39, 0.29) is 11.3 Å². The summed E-state index contributed by atoms with van der Waals surface area (Å²) in [5.41, 5.74) is 1.48. The summed E-state index contributed by atoms with van der Waals surface area (Å²) in [7, 11) is 0. The fourth-order valence-corrected chi connectivity index (χ4v) is 3.11. The number of carbonyl (C=O) groups excluding carboxylic acids is 1. The van der Waals surface area contributed by atoms with Gasteiger partial charge in [0.05, 0.1) is 3.57 Å². The van der Waals surface area contributed by atoms with Crippen molar-refractivity contribution in [1.82, 2.24) is 0 Å². The van der Waals surface area contributed by atoms with Crippen LogP contribution in [-0.4, -0.2) is 11.0 Å². The molecule has 0 spiro atoms. The van der Waals surface area contributed by atoms with Crippen molar-refractivity contribution in [3.05, 3.63) is 60.6 Å². The Morgan fingerprint density at radius 2 is 2.04 bits per heavy atom. The average Bonchev–Trinajstić information content (AvgIpc) is 2.52. The van der Waals surface area contributed by atoms with E-state index in [0.29, 0.717) is 24.9 Å². The molecule has 2 aromatic rings. The van der Waals surface area contributed by atoms with Gasteiger partial charge in [0.2, 0.25) is 0 Å². The Balaban J connectivity index is 2.32. The SMILES string of the molecule is Cc1ccc(NC(=O)/C(C#N)=C\c2cc(Cl)cc(I)c2O)cc1Cl. The first kappa shape index (κ1) is 18.6. The summed E-state index contributed by atoms with van der Waals surface area (Å²) >= 11 is 13.9. The van der Waals surface area contributed by atoms with Crippen molar-refractivity contribution < 1.29 is 9.90 Å². The first-order chi connectivity index (χ1) is 11.3. The molecular weight excluding hydrogens is 462 g/mol. The minimum Gasteiger partial charge on any atom is -0.506 e. The lowest BCUT2D eigenvalue weighted by atomic mass is 10.1. The highest BCUT2D eigenvalue weighted by Gasteiger charge is 2.13. The van der Waals surface area contributed by atoms with Gasteiger partial charge in [-0.15, -0.1) is 0 Å². The van der Waals surface area contributed by atoms with Crippen molar-refractivity contribution in [3.8, 4) is 11.8 Å². The van der Waals surface area contributed by atoms with Crippen LogP contribution < -0.4 is 5.32 Å². The third-order valence-electron chi connectivity index (χ3n) is 3.15. The number of rotatable bonds is 3. The summed E-state index contributed by atoms with van der Waals surface area (Å²) in [5.74, 6) is -0.647. The van der Waals surface area contributed by atoms with E-state index in [1.165, 1.54) is 12.1 Å². The van der Waals surface area contributed by atoms with Crippen molar-refractivity contribution in [2.24, 2.45) is 0 Å². The summed E-state index contributed by atoms with van der Waals surface area (Å²) in [6.07, 6.45) is 1.29. The molecular formula is C17H11Cl2IN2O2. The summed E-state index contributed by atoms with van der Waals surface area (Å²) in [5, 5.41) is 22.8. The summed E-state index contributed by atoms with van der Waals surface area (Å²) in [6, 6.07) is 9.93. The van der Waals surface area contributed by atoms with E-state index in [1.54, 1.807) is 24.3 Å². The van der Waals surface area contributed by atoms with Crippen LogP contribution in [0.4, 0.5) is 5.69 Å². The van der Waals surface area contributed by atoms with E-state index in [9.17, 15) is 15.2 Å². The van der Waals surface area contributed by atoms with Crippen molar-refractivity contribution in [2.75, 3.05) is 5.32 Å². The number of phenolic OH excluding ortho intramolecular Hbond substituents is 1. The molecule has 0 aliphatic heterocycles. The molecule has 0 saturated heterocycles. The minimum atomic E-state index is -0.605. The number of halogens is 3. The summed E-state index contributed by atoms with van der Waals surface area (Å²) in [6.45, 7) is 1.85. The quantitative estimate of drug-likeness (QED) is 0.368. The smallest absolute Gasteiger partial charge is 0.266 e. The molecule has 0 unspecified atom stereocenters. The molecule has 0 atom stereocenters. The predicted octanol–water partition coefficient (Wildman–Crippen LogP) is 5.16. The molecule has 0 aliphatic carbocycles. The zero-order valence-electron chi connectivity index (χ0n) is 12.4. The molecule has 4 nitrogen and oxygen atoms in total. The number of anilines is 1. The minimum absolute atomic E-state index is 0.0427. The molecule has 2 aromatic carbocycles. The Morgan fingerprint density at radius 1 is 1.33 bits per heavy atom. The Labute approximate surface area is 162 Å². The van der Waals surface area contributed by atoms with Crippen molar-refractivity contribution in [3.63, 3.8) is 0 Å². The number of aryl methyl sites for hydroxylation is 1. The number of aromatic hydroxyl groups is 1. The Hall–Kier alpha value is -1.75. The van der Waals surface area contributed by atoms with E-state index in [2.05, 4.69) is 5.32 Å². The normalized spacial score (nSPS) is 11.0. The molecule has 0 heterocycles. The first-order valence-corrected chi connectivity index (χ1v) is 8.52. The largest absolute Gasteiger partial charge is 0.506 e. The maximum absolute atomic E-state index is 12.3.